The van der Waals surface area contributed by atoms with Crippen molar-refractivity contribution < 1.29 is 41.7 Å². The van der Waals surface area contributed by atoms with Crippen LogP contribution < -0.4 is 20.5 Å². The summed E-state index contributed by atoms with van der Waals surface area (Å²) in [5.74, 6) is -1.97. The number of nitrogens with zero attached hydrogens (tertiary/aromatic N) is 1. The zero-order valence-corrected chi connectivity index (χ0v) is 28.2. The first kappa shape index (κ1) is 37.0. The Hall–Kier alpha value is -3.43. The molecule has 15 heteroatoms. The van der Waals surface area contributed by atoms with Crippen LogP contribution in [0.4, 0.5) is 4.79 Å². The van der Waals surface area contributed by atoms with E-state index in [0.29, 0.717) is 50.1 Å². The highest BCUT2D eigenvalue weighted by Crippen LogP contribution is 2.32. The molecule has 2 aliphatic heterocycles. The second kappa shape index (κ2) is 16.4. The van der Waals surface area contributed by atoms with Gasteiger partial charge in [0, 0.05) is 0 Å². The van der Waals surface area contributed by atoms with Crippen LogP contribution in [0.5, 0.6) is 5.75 Å². The molecule has 2 fully saturated rings. The number of cyclic esters (lactones) is 1. The number of methoxy groups -OCH3 is 1. The molecule has 0 aliphatic carbocycles. The number of rotatable bonds is 16. The summed E-state index contributed by atoms with van der Waals surface area (Å²) in [4.78, 5) is 40.2. The zero-order chi connectivity index (χ0) is 34.1. The van der Waals surface area contributed by atoms with Gasteiger partial charge in [-0.1, -0.05) is 25.5 Å². The number of carbonyl (C=O) groups is 3. The summed E-state index contributed by atoms with van der Waals surface area (Å²) < 4.78 is 49.2. The minimum absolute atomic E-state index is 0.0112. The second-order valence-electron chi connectivity index (χ2n) is 12.7. The van der Waals surface area contributed by atoms with Crippen molar-refractivity contribution in [1.29, 1.82) is 5.41 Å². The molecule has 4 unspecified atom stereocenters. The molecule has 2 aliphatic rings. The summed E-state index contributed by atoms with van der Waals surface area (Å²) in [6.45, 7) is 8.55. The number of carbonyl (C=O) groups excluding carboxylic acids is 3. The normalized spacial score (nSPS) is 19.5. The van der Waals surface area contributed by atoms with Crippen molar-refractivity contribution in [2.24, 2.45) is 17.6 Å². The number of benzene rings is 1. The lowest BCUT2D eigenvalue weighted by Crippen LogP contribution is -2.56. The average Bonchev–Trinajstić information content (AvgIpc) is 3.36. The fraction of sp³-hybridized carbons (Fsp3) is 0.677. The number of nitrogens with two attached hydrogens (primary N) is 1. The quantitative estimate of drug-likeness (QED) is 0.0870. The van der Waals surface area contributed by atoms with Crippen molar-refractivity contribution in [2.75, 3.05) is 39.1 Å². The van der Waals surface area contributed by atoms with E-state index < -0.39 is 57.8 Å². The number of esters is 2. The first-order valence-corrected chi connectivity index (χ1v) is 17.3. The smallest absolute Gasteiger partial charge is 0.411 e. The average molecular weight is 668 g/mol. The summed E-state index contributed by atoms with van der Waals surface area (Å²) in [6, 6.07) is 4.52. The fourth-order valence-electron chi connectivity index (χ4n) is 5.64. The van der Waals surface area contributed by atoms with E-state index in [1.54, 1.807) is 45.0 Å². The van der Waals surface area contributed by atoms with Crippen molar-refractivity contribution >= 4 is 33.9 Å². The third kappa shape index (κ3) is 10.8. The molecule has 0 saturated carbocycles. The summed E-state index contributed by atoms with van der Waals surface area (Å²) in [5.41, 5.74) is 5.91. The highest BCUT2D eigenvalue weighted by molar-refractivity contribution is 7.89. The van der Waals surface area contributed by atoms with Gasteiger partial charge in [0.25, 0.3) is 0 Å². The number of unbranched alkanes of at least 4 members (excludes halogenated alkanes) is 1. The monoisotopic (exact) mass is 667 g/mol. The number of piperidine rings is 1. The molecule has 46 heavy (non-hydrogen) atoms. The number of amides is 1. The van der Waals surface area contributed by atoms with Gasteiger partial charge in [0.1, 0.15) is 30.0 Å². The minimum Gasteiger partial charge on any atom is -0.490 e. The maximum Gasteiger partial charge on any atom is 0.411 e. The van der Waals surface area contributed by atoms with E-state index in [-0.39, 0.29) is 37.1 Å². The van der Waals surface area contributed by atoms with E-state index in [4.69, 9.17) is 30.1 Å². The molecule has 3 rings (SSSR count). The first-order valence-electron chi connectivity index (χ1n) is 15.7. The fourth-order valence-corrected chi connectivity index (χ4v) is 7.04. The number of nitrogens with one attached hydrogen (secondary N) is 3. The lowest BCUT2D eigenvalue weighted by Gasteiger charge is -2.38. The van der Waals surface area contributed by atoms with Crippen LogP contribution in [-0.4, -0.2) is 100 Å². The van der Waals surface area contributed by atoms with Crippen molar-refractivity contribution in [3.05, 3.63) is 29.8 Å². The van der Waals surface area contributed by atoms with Crippen LogP contribution in [-0.2, 0) is 40.2 Å². The SMILES string of the molecule is CCCCS(=O)(=O)NC(Cc1ccc(OCC2CN(C(C(=O)OC(C)(C)C)C(C(=N)N)C3CCNCC3)C(=O)O2)cc1)C(=O)OC. The minimum atomic E-state index is -3.66. The zero-order valence-electron chi connectivity index (χ0n) is 27.4. The Morgan fingerprint density at radius 1 is 1.17 bits per heavy atom. The number of ether oxygens (including phenoxy) is 4. The van der Waals surface area contributed by atoms with Gasteiger partial charge < -0.3 is 30.0 Å². The van der Waals surface area contributed by atoms with Gasteiger partial charge in [0.15, 0.2) is 6.10 Å². The highest BCUT2D eigenvalue weighted by atomic mass is 32.2. The molecule has 1 aromatic rings. The van der Waals surface area contributed by atoms with Crippen LogP contribution in [0, 0.1) is 17.2 Å². The molecule has 1 amide bonds. The molecule has 0 radical (unpaired) electrons. The Morgan fingerprint density at radius 3 is 2.39 bits per heavy atom. The molecule has 2 heterocycles. The van der Waals surface area contributed by atoms with Crippen molar-refractivity contribution in [3.8, 4) is 5.75 Å². The van der Waals surface area contributed by atoms with Gasteiger partial charge in [0.2, 0.25) is 10.0 Å². The third-order valence-corrected chi connectivity index (χ3v) is 9.32. The van der Waals surface area contributed by atoms with Crippen LogP contribution in [0.15, 0.2) is 24.3 Å². The maximum absolute atomic E-state index is 13.5. The van der Waals surface area contributed by atoms with E-state index in [1.807, 2.05) is 6.92 Å². The molecular weight excluding hydrogens is 618 g/mol. The molecule has 14 nitrogen and oxygen atoms in total. The molecule has 258 valence electrons. The third-order valence-electron chi connectivity index (χ3n) is 7.85. The molecule has 0 spiro atoms. The van der Waals surface area contributed by atoms with E-state index in [2.05, 4.69) is 10.0 Å². The van der Waals surface area contributed by atoms with Crippen molar-refractivity contribution in [3.63, 3.8) is 0 Å². The summed E-state index contributed by atoms with van der Waals surface area (Å²) in [6.07, 6.45) is 1.22. The highest BCUT2D eigenvalue weighted by Gasteiger charge is 2.48. The van der Waals surface area contributed by atoms with E-state index in [1.165, 1.54) is 12.0 Å². The van der Waals surface area contributed by atoms with E-state index in [0.717, 1.165) is 0 Å². The Balaban J connectivity index is 1.68. The Kier molecular flexibility index (Phi) is 13.2. The summed E-state index contributed by atoms with van der Waals surface area (Å²) >= 11 is 0. The number of hydrogen-bond donors (Lipinski definition) is 4. The second-order valence-corrected chi connectivity index (χ2v) is 14.6. The van der Waals surface area contributed by atoms with Crippen molar-refractivity contribution in [2.45, 2.75) is 83.6 Å². The van der Waals surface area contributed by atoms with Gasteiger partial charge in [-0.2, -0.15) is 0 Å². The first-order chi connectivity index (χ1) is 21.6. The van der Waals surface area contributed by atoms with Crippen LogP contribution in [0.1, 0.15) is 58.9 Å². The van der Waals surface area contributed by atoms with Gasteiger partial charge in [-0.15, -0.1) is 0 Å². The predicted octanol–water partition coefficient (Wildman–Crippen LogP) is 1.95. The maximum atomic E-state index is 13.5. The molecular formula is C31H49N5O9S. The van der Waals surface area contributed by atoms with E-state index >= 15 is 0 Å². The Labute approximate surface area is 271 Å². The molecule has 0 aromatic heterocycles. The number of sulfonamides is 1. The predicted molar refractivity (Wildman–Crippen MR) is 171 cm³/mol. The molecule has 5 N–H and O–H groups in total. The van der Waals surface area contributed by atoms with Crippen molar-refractivity contribution in [1.82, 2.24) is 14.9 Å². The standard InChI is InChI=1S/C31H49N5O9S/c1-6-7-16-46(40,41)35-24(28(37)42-5)17-20-8-10-22(11-9-20)43-19-23-18-36(30(39)44-23)26(29(38)45-31(2,3)4)25(27(32)33)21-12-14-34-15-13-21/h8-11,21,23-26,34-35H,6-7,12-19H2,1-5H3,(H3,32,33). The molecule has 4 atom stereocenters. The topological polar surface area (TPSA) is 199 Å². The number of hydrogen-bond acceptors (Lipinski definition) is 11. The van der Waals surface area contributed by atoms with Gasteiger partial charge in [-0.25, -0.2) is 22.7 Å². The van der Waals surface area contributed by atoms with Crippen LogP contribution in [0.25, 0.3) is 0 Å². The van der Waals surface area contributed by atoms with Gasteiger partial charge in [-0.3, -0.25) is 15.1 Å². The van der Waals surface area contributed by atoms with Gasteiger partial charge in [0.05, 0.1) is 31.2 Å². The van der Waals surface area contributed by atoms with Crippen LogP contribution in [0.2, 0.25) is 0 Å². The number of amidine groups is 1. The lowest BCUT2D eigenvalue weighted by atomic mass is 9.78. The molecule has 0 bridgehead atoms. The lowest BCUT2D eigenvalue weighted by molar-refractivity contribution is -0.162. The molecule has 2 saturated heterocycles. The summed E-state index contributed by atoms with van der Waals surface area (Å²) in [7, 11) is -2.46. The Morgan fingerprint density at radius 2 is 1.83 bits per heavy atom. The van der Waals surface area contributed by atoms with Crippen LogP contribution in [0.3, 0.4) is 0 Å². The van der Waals surface area contributed by atoms with Crippen LogP contribution >= 0.6 is 0 Å². The van der Waals surface area contributed by atoms with Gasteiger partial charge in [-0.05, 0) is 83.2 Å². The molecule has 1 aromatic carbocycles. The Bertz CT molecular complexity index is 1310. The summed E-state index contributed by atoms with van der Waals surface area (Å²) in [5, 5.41) is 11.6. The van der Waals surface area contributed by atoms with Gasteiger partial charge >= 0.3 is 18.0 Å². The van der Waals surface area contributed by atoms with E-state index in [9.17, 15) is 22.8 Å². The largest absolute Gasteiger partial charge is 0.490 e.